The van der Waals surface area contributed by atoms with E-state index in [0.29, 0.717) is 17.9 Å². The minimum atomic E-state index is -0.635. The Hall–Kier alpha value is -3.66. The molecule has 0 spiro atoms. The number of aromatic nitrogens is 5. The van der Waals surface area contributed by atoms with Crippen LogP contribution in [0.3, 0.4) is 0 Å². The maximum Gasteiger partial charge on any atom is 0.329 e. The van der Waals surface area contributed by atoms with Crippen molar-refractivity contribution in [3.8, 4) is 11.3 Å². The summed E-state index contributed by atoms with van der Waals surface area (Å²) < 4.78 is 5.21. The van der Waals surface area contributed by atoms with Gasteiger partial charge in [-0.05, 0) is 42.6 Å². The molecule has 0 aliphatic rings. The van der Waals surface area contributed by atoms with E-state index in [-0.39, 0.29) is 22.5 Å². The first-order valence-electron chi connectivity index (χ1n) is 9.75. The van der Waals surface area contributed by atoms with Crippen LogP contribution >= 0.6 is 11.5 Å². The molecule has 3 aromatic heterocycles. The SMILES string of the molecule is CCn1c(=O)[nH]c(=O)c2c(C(=O)Nc3ccc(-c4csnn4)cc3)cc(C(C)C)nc21. The summed E-state index contributed by atoms with van der Waals surface area (Å²) in [5.74, 6) is -0.453. The van der Waals surface area contributed by atoms with Gasteiger partial charge in [0.05, 0.1) is 10.9 Å². The Morgan fingerprint density at radius 3 is 2.58 bits per heavy atom. The van der Waals surface area contributed by atoms with Crippen LogP contribution in [0.2, 0.25) is 0 Å². The number of H-pyrrole nitrogens is 1. The van der Waals surface area contributed by atoms with Crippen LogP contribution in [0, 0.1) is 0 Å². The molecule has 1 amide bonds. The van der Waals surface area contributed by atoms with Gasteiger partial charge in [0.1, 0.15) is 5.69 Å². The van der Waals surface area contributed by atoms with Crippen molar-refractivity contribution in [2.75, 3.05) is 5.32 Å². The number of nitrogens with zero attached hydrogens (tertiary/aromatic N) is 4. The predicted molar refractivity (Wildman–Crippen MR) is 120 cm³/mol. The molecule has 0 aliphatic carbocycles. The lowest BCUT2D eigenvalue weighted by Crippen LogP contribution is -2.32. The average Bonchev–Trinajstić information content (AvgIpc) is 3.28. The van der Waals surface area contributed by atoms with Gasteiger partial charge in [-0.15, -0.1) is 5.10 Å². The Bertz CT molecular complexity index is 1370. The van der Waals surface area contributed by atoms with Crippen molar-refractivity contribution < 1.29 is 4.79 Å². The van der Waals surface area contributed by atoms with Gasteiger partial charge in [-0.25, -0.2) is 9.78 Å². The van der Waals surface area contributed by atoms with E-state index in [1.165, 1.54) is 16.1 Å². The lowest BCUT2D eigenvalue weighted by Gasteiger charge is -2.14. The number of pyridine rings is 1. The highest BCUT2D eigenvalue weighted by Crippen LogP contribution is 2.23. The first-order valence-corrected chi connectivity index (χ1v) is 10.6. The average molecular weight is 436 g/mol. The Labute approximate surface area is 181 Å². The molecule has 0 radical (unpaired) electrons. The summed E-state index contributed by atoms with van der Waals surface area (Å²) in [6.45, 7) is 5.96. The number of anilines is 1. The van der Waals surface area contributed by atoms with Crippen LogP contribution in [-0.4, -0.2) is 30.0 Å². The van der Waals surface area contributed by atoms with Crippen LogP contribution in [-0.2, 0) is 6.54 Å². The van der Waals surface area contributed by atoms with E-state index in [9.17, 15) is 14.4 Å². The summed E-state index contributed by atoms with van der Waals surface area (Å²) in [5, 5.41) is 8.78. The molecule has 0 aliphatic heterocycles. The summed E-state index contributed by atoms with van der Waals surface area (Å²) >= 11 is 1.26. The Kier molecular flexibility index (Phi) is 5.47. The van der Waals surface area contributed by atoms with E-state index in [4.69, 9.17) is 0 Å². The molecule has 1 aromatic carbocycles. The van der Waals surface area contributed by atoms with Gasteiger partial charge in [-0.3, -0.25) is 19.1 Å². The van der Waals surface area contributed by atoms with E-state index < -0.39 is 17.2 Å². The molecule has 0 atom stereocenters. The molecule has 0 saturated carbocycles. The lowest BCUT2D eigenvalue weighted by atomic mass is 10.0. The zero-order chi connectivity index (χ0) is 22.1. The molecule has 0 bridgehead atoms. The molecule has 0 unspecified atom stereocenters. The third kappa shape index (κ3) is 3.89. The van der Waals surface area contributed by atoms with E-state index in [1.54, 1.807) is 25.1 Å². The van der Waals surface area contributed by atoms with Crippen LogP contribution in [0.25, 0.3) is 22.3 Å². The van der Waals surface area contributed by atoms with Crippen LogP contribution in [0.1, 0.15) is 42.7 Å². The van der Waals surface area contributed by atoms with Gasteiger partial charge < -0.3 is 5.32 Å². The highest BCUT2D eigenvalue weighted by atomic mass is 32.1. The normalized spacial score (nSPS) is 11.2. The molecule has 9 nitrogen and oxygen atoms in total. The second-order valence-electron chi connectivity index (χ2n) is 7.27. The fraction of sp³-hybridized carbons (Fsp3) is 0.238. The minimum absolute atomic E-state index is 0.00153. The van der Waals surface area contributed by atoms with Crippen molar-refractivity contribution >= 4 is 34.2 Å². The fourth-order valence-corrected chi connectivity index (χ4v) is 3.74. The van der Waals surface area contributed by atoms with Gasteiger partial charge in [0, 0.05) is 28.9 Å². The monoisotopic (exact) mass is 436 g/mol. The Morgan fingerprint density at radius 2 is 1.97 bits per heavy atom. The van der Waals surface area contributed by atoms with Crippen molar-refractivity contribution in [1.29, 1.82) is 0 Å². The molecular weight excluding hydrogens is 416 g/mol. The number of benzene rings is 1. The second-order valence-corrected chi connectivity index (χ2v) is 7.88. The molecule has 2 N–H and O–H groups in total. The van der Waals surface area contributed by atoms with E-state index in [0.717, 1.165) is 11.3 Å². The zero-order valence-electron chi connectivity index (χ0n) is 17.2. The van der Waals surface area contributed by atoms with Gasteiger partial charge in [0.2, 0.25) is 0 Å². The van der Waals surface area contributed by atoms with Gasteiger partial charge in [-0.2, -0.15) is 0 Å². The van der Waals surface area contributed by atoms with Gasteiger partial charge >= 0.3 is 5.69 Å². The molecule has 4 aromatic rings. The summed E-state index contributed by atoms with van der Waals surface area (Å²) in [4.78, 5) is 44.8. The van der Waals surface area contributed by atoms with Crippen molar-refractivity contribution in [2.24, 2.45) is 0 Å². The molecular formula is C21H20N6O3S. The van der Waals surface area contributed by atoms with E-state index in [1.807, 2.05) is 31.4 Å². The Morgan fingerprint density at radius 1 is 1.23 bits per heavy atom. The lowest BCUT2D eigenvalue weighted by molar-refractivity contribution is 0.102. The Balaban J connectivity index is 1.78. The first kappa shape index (κ1) is 20.6. The molecule has 4 rings (SSSR count). The van der Waals surface area contributed by atoms with Crippen LogP contribution < -0.4 is 16.6 Å². The van der Waals surface area contributed by atoms with Gasteiger partial charge in [0.25, 0.3) is 11.5 Å². The standard InChI is InChI=1S/C21H20N6O3S/c1-4-27-18-17(20(29)24-21(27)30)14(9-15(23-18)11(2)3)19(28)22-13-7-5-12(6-8-13)16-10-31-26-25-16/h5-11H,4H2,1-3H3,(H,22,28)(H,24,29,30). The third-order valence-corrected chi connectivity index (χ3v) is 5.42. The number of nitrogens with one attached hydrogen (secondary N) is 2. The van der Waals surface area contributed by atoms with Crippen LogP contribution in [0.5, 0.6) is 0 Å². The maximum atomic E-state index is 13.2. The number of hydrogen-bond donors (Lipinski definition) is 2. The molecule has 10 heteroatoms. The van der Waals surface area contributed by atoms with Gasteiger partial charge in [-0.1, -0.05) is 30.5 Å². The van der Waals surface area contributed by atoms with Crippen LogP contribution in [0.15, 0.2) is 45.3 Å². The predicted octanol–water partition coefficient (Wildman–Crippen LogP) is 3.00. The first-order chi connectivity index (χ1) is 14.9. The number of aromatic amines is 1. The minimum Gasteiger partial charge on any atom is -0.322 e. The van der Waals surface area contributed by atoms with Crippen molar-refractivity contribution in [3.05, 3.63) is 67.8 Å². The summed E-state index contributed by atoms with van der Waals surface area (Å²) in [6, 6.07) is 8.78. The highest BCUT2D eigenvalue weighted by Gasteiger charge is 2.20. The summed E-state index contributed by atoms with van der Waals surface area (Å²) in [5.41, 5.74) is 2.02. The van der Waals surface area contributed by atoms with Crippen molar-refractivity contribution in [3.63, 3.8) is 0 Å². The van der Waals surface area contributed by atoms with Crippen LogP contribution in [0.4, 0.5) is 5.69 Å². The molecule has 0 fully saturated rings. The van der Waals surface area contributed by atoms with E-state index in [2.05, 4.69) is 24.9 Å². The van der Waals surface area contributed by atoms with Crippen molar-refractivity contribution in [1.82, 2.24) is 24.1 Å². The number of hydrogen-bond acceptors (Lipinski definition) is 7. The number of fused-ring (bicyclic) bond motifs is 1. The van der Waals surface area contributed by atoms with Crippen molar-refractivity contribution in [2.45, 2.75) is 33.2 Å². The number of carbonyl (C=O) groups excluding carboxylic acids is 1. The largest absolute Gasteiger partial charge is 0.329 e. The maximum absolute atomic E-state index is 13.2. The molecule has 31 heavy (non-hydrogen) atoms. The molecule has 0 saturated heterocycles. The zero-order valence-corrected chi connectivity index (χ0v) is 18.0. The summed E-state index contributed by atoms with van der Waals surface area (Å²) in [7, 11) is 0. The number of rotatable bonds is 5. The topological polar surface area (TPSA) is 123 Å². The highest BCUT2D eigenvalue weighted by molar-refractivity contribution is 7.03. The molecule has 3 heterocycles. The smallest absolute Gasteiger partial charge is 0.322 e. The molecule has 158 valence electrons. The number of aryl methyl sites for hydroxylation is 1. The van der Waals surface area contributed by atoms with Gasteiger partial charge in [0.15, 0.2) is 5.65 Å². The quantitative estimate of drug-likeness (QED) is 0.496. The van der Waals surface area contributed by atoms with E-state index >= 15 is 0 Å². The summed E-state index contributed by atoms with van der Waals surface area (Å²) in [6.07, 6.45) is 0. The fourth-order valence-electron chi connectivity index (χ4n) is 3.27. The third-order valence-electron chi connectivity index (χ3n) is 4.92. The second kappa shape index (κ2) is 8.23. The number of amides is 1. The number of carbonyl (C=O) groups is 1.